The van der Waals surface area contributed by atoms with Crippen LogP contribution in [0.1, 0.15) is 23.7 Å². The zero-order valence-electron chi connectivity index (χ0n) is 21.8. The summed E-state index contributed by atoms with van der Waals surface area (Å²) in [6, 6.07) is 42.9. The van der Waals surface area contributed by atoms with Crippen LogP contribution in [0, 0.1) is 0 Å². The molecular formula is C33H32N6. The van der Waals surface area contributed by atoms with Gasteiger partial charge in [0.15, 0.2) is 0 Å². The molecule has 3 heterocycles. The monoisotopic (exact) mass is 512 g/mol. The molecular weight excluding hydrogens is 480 g/mol. The minimum atomic E-state index is -0.0353. The van der Waals surface area contributed by atoms with Gasteiger partial charge < -0.3 is 24.6 Å². The molecule has 0 aliphatic carbocycles. The summed E-state index contributed by atoms with van der Waals surface area (Å²) < 4.78 is 0. The minimum absolute atomic E-state index is 0.0110. The van der Waals surface area contributed by atoms with Crippen LogP contribution in [0.3, 0.4) is 0 Å². The summed E-state index contributed by atoms with van der Waals surface area (Å²) >= 11 is 0. The quantitative estimate of drug-likeness (QED) is 0.283. The second-order valence-electron chi connectivity index (χ2n) is 10.1. The molecule has 5 aromatic rings. The summed E-state index contributed by atoms with van der Waals surface area (Å²) in [5, 5.41) is 0. The fraction of sp³-hybridized carbons (Fsp3) is 0.182. The van der Waals surface area contributed by atoms with Gasteiger partial charge in [-0.15, -0.1) is 0 Å². The van der Waals surface area contributed by atoms with Gasteiger partial charge in [-0.2, -0.15) is 0 Å². The Labute approximate surface area is 229 Å². The molecule has 1 N–H and O–H groups in total. The third-order valence-corrected chi connectivity index (χ3v) is 7.90. The Kier molecular flexibility index (Phi) is 6.13. The normalized spacial score (nSPS) is 16.4. The molecule has 2 fully saturated rings. The maximum atomic E-state index is 5.06. The van der Waals surface area contributed by atoms with Crippen molar-refractivity contribution in [3.05, 3.63) is 139 Å². The predicted octanol–water partition coefficient (Wildman–Crippen LogP) is 6.46. The van der Waals surface area contributed by atoms with Crippen LogP contribution in [0.5, 0.6) is 0 Å². The Bertz CT molecular complexity index is 1280. The van der Waals surface area contributed by atoms with Gasteiger partial charge in [-0.1, -0.05) is 72.8 Å². The highest BCUT2D eigenvalue weighted by Crippen LogP contribution is 2.43. The van der Waals surface area contributed by atoms with Crippen molar-refractivity contribution in [3.63, 3.8) is 0 Å². The van der Waals surface area contributed by atoms with E-state index in [0.29, 0.717) is 0 Å². The van der Waals surface area contributed by atoms with Crippen molar-refractivity contribution in [3.8, 4) is 0 Å². The number of rotatable bonds is 6. The highest BCUT2D eigenvalue weighted by molar-refractivity contribution is 5.62. The van der Waals surface area contributed by atoms with Gasteiger partial charge in [0.2, 0.25) is 0 Å². The van der Waals surface area contributed by atoms with Crippen LogP contribution < -0.4 is 19.6 Å². The molecule has 6 heteroatoms. The van der Waals surface area contributed by atoms with Crippen LogP contribution in [-0.2, 0) is 0 Å². The third-order valence-electron chi connectivity index (χ3n) is 7.90. The number of para-hydroxylation sites is 4. The predicted molar refractivity (Wildman–Crippen MR) is 159 cm³/mol. The van der Waals surface area contributed by atoms with Crippen molar-refractivity contribution in [1.82, 2.24) is 9.97 Å². The van der Waals surface area contributed by atoms with Crippen LogP contribution in [0.4, 0.5) is 22.7 Å². The molecule has 39 heavy (non-hydrogen) atoms. The maximum Gasteiger partial charge on any atom is 0.148 e. The average molecular weight is 513 g/mol. The SMILES string of the molecule is c1ccc(N2CCN(c3ccccc3)C2c2nc[nH]c2C2N(c3ccccc3)CCN2c2ccccc2)cc1. The molecule has 0 spiro atoms. The van der Waals surface area contributed by atoms with E-state index in [1.165, 1.54) is 22.7 Å². The first-order valence-corrected chi connectivity index (χ1v) is 13.7. The molecule has 2 aliphatic rings. The van der Waals surface area contributed by atoms with E-state index >= 15 is 0 Å². The Morgan fingerprint density at radius 1 is 0.462 bits per heavy atom. The molecule has 2 saturated heterocycles. The van der Waals surface area contributed by atoms with Crippen molar-refractivity contribution < 1.29 is 0 Å². The highest BCUT2D eigenvalue weighted by Gasteiger charge is 2.42. The molecule has 0 atom stereocenters. The van der Waals surface area contributed by atoms with Crippen molar-refractivity contribution in [1.29, 1.82) is 0 Å². The first kappa shape index (κ1) is 23.4. The number of hydrogen-bond acceptors (Lipinski definition) is 5. The molecule has 4 aromatic carbocycles. The zero-order valence-corrected chi connectivity index (χ0v) is 21.8. The van der Waals surface area contributed by atoms with E-state index in [-0.39, 0.29) is 12.3 Å². The van der Waals surface area contributed by atoms with Crippen LogP contribution >= 0.6 is 0 Å². The summed E-state index contributed by atoms with van der Waals surface area (Å²) in [4.78, 5) is 18.7. The molecule has 0 unspecified atom stereocenters. The smallest absolute Gasteiger partial charge is 0.148 e. The molecule has 0 radical (unpaired) electrons. The molecule has 0 amide bonds. The van der Waals surface area contributed by atoms with E-state index < -0.39 is 0 Å². The summed E-state index contributed by atoms with van der Waals surface area (Å²) in [7, 11) is 0. The minimum Gasteiger partial charge on any atom is -0.345 e. The first-order chi connectivity index (χ1) is 19.4. The Morgan fingerprint density at radius 3 is 1.15 bits per heavy atom. The molecule has 7 rings (SSSR count). The summed E-state index contributed by atoms with van der Waals surface area (Å²) in [5.74, 6) is 0. The molecule has 194 valence electrons. The van der Waals surface area contributed by atoms with Gasteiger partial charge >= 0.3 is 0 Å². The summed E-state index contributed by atoms with van der Waals surface area (Å²) in [6.45, 7) is 3.70. The first-order valence-electron chi connectivity index (χ1n) is 13.7. The highest BCUT2D eigenvalue weighted by atomic mass is 15.5. The van der Waals surface area contributed by atoms with Crippen molar-refractivity contribution in [2.24, 2.45) is 0 Å². The van der Waals surface area contributed by atoms with E-state index in [0.717, 1.165) is 37.6 Å². The molecule has 0 bridgehead atoms. The van der Waals surface area contributed by atoms with Crippen LogP contribution in [0.25, 0.3) is 0 Å². The number of benzene rings is 4. The second kappa shape index (κ2) is 10.2. The van der Waals surface area contributed by atoms with Crippen LogP contribution in [0.2, 0.25) is 0 Å². The number of aromatic amines is 1. The van der Waals surface area contributed by atoms with Gasteiger partial charge in [0.05, 0.1) is 12.0 Å². The maximum absolute atomic E-state index is 5.06. The van der Waals surface area contributed by atoms with Gasteiger partial charge in [0.1, 0.15) is 18.0 Å². The van der Waals surface area contributed by atoms with Crippen molar-refractivity contribution in [2.75, 3.05) is 45.8 Å². The van der Waals surface area contributed by atoms with E-state index in [2.05, 4.69) is 146 Å². The third kappa shape index (κ3) is 4.28. The molecule has 0 saturated carbocycles. The van der Waals surface area contributed by atoms with Gasteiger partial charge in [-0.3, -0.25) is 0 Å². The lowest BCUT2D eigenvalue weighted by Gasteiger charge is -2.36. The van der Waals surface area contributed by atoms with Crippen molar-refractivity contribution >= 4 is 22.7 Å². The number of imidazole rings is 1. The molecule has 6 nitrogen and oxygen atoms in total. The van der Waals surface area contributed by atoms with Gasteiger partial charge in [-0.05, 0) is 48.5 Å². The average Bonchev–Trinajstić information content (AvgIpc) is 3.77. The van der Waals surface area contributed by atoms with Crippen LogP contribution in [0.15, 0.2) is 128 Å². The van der Waals surface area contributed by atoms with E-state index in [9.17, 15) is 0 Å². The number of aromatic nitrogens is 2. The lowest BCUT2D eigenvalue weighted by molar-refractivity contribution is 0.642. The molecule has 2 aliphatic heterocycles. The summed E-state index contributed by atoms with van der Waals surface area (Å²) in [6.07, 6.45) is 1.83. The number of nitrogens with zero attached hydrogens (tertiary/aromatic N) is 5. The molecule has 1 aromatic heterocycles. The second-order valence-corrected chi connectivity index (χ2v) is 10.1. The van der Waals surface area contributed by atoms with Gasteiger partial charge in [-0.25, -0.2) is 4.98 Å². The lowest BCUT2D eigenvalue weighted by atomic mass is 10.1. The van der Waals surface area contributed by atoms with Gasteiger partial charge in [0.25, 0.3) is 0 Å². The standard InChI is InChI=1S/C33H32N6/c1-5-13-26(14-6-1)36-21-22-37(27-15-7-2-8-16-27)32(36)30-31(35-25-34-30)33-38(28-17-9-3-10-18-28)23-24-39(33)29-19-11-4-12-20-29/h1-20,25,32-33H,21-24H2,(H,34,35). The fourth-order valence-electron chi connectivity index (χ4n) is 6.15. The fourth-order valence-corrected chi connectivity index (χ4v) is 6.15. The number of hydrogen-bond donors (Lipinski definition) is 1. The van der Waals surface area contributed by atoms with E-state index in [1.807, 2.05) is 6.33 Å². The largest absolute Gasteiger partial charge is 0.345 e. The number of nitrogens with one attached hydrogen (secondary N) is 1. The zero-order chi connectivity index (χ0) is 26.0. The Morgan fingerprint density at radius 2 is 0.795 bits per heavy atom. The van der Waals surface area contributed by atoms with Crippen molar-refractivity contribution in [2.45, 2.75) is 12.3 Å². The Balaban J connectivity index is 1.36. The number of anilines is 4. The van der Waals surface area contributed by atoms with E-state index in [1.54, 1.807) is 0 Å². The lowest BCUT2D eigenvalue weighted by Crippen LogP contribution is -2.36. The summed E-state index contributed by atoms with van der Waals surface area (Å²) in [5.41, 5.74) is 7.05. The van der Waals surface area contributed by atoms with Crippen LogP contribution in [-0.4, -0.2) is 36.1 Å². The Hall–Kier alpha value is -4.71. The number of H-pyrrole nitrogens is 1. The van der Waals surface area contributed by atoms with Gasteiger partial charge in [0, 0.05) is 48.9 Å². The van der Waals surface area contributed by atoms with E-state index in [4.69, 9.17) is 4.98 Å². The topological polar surface area (TPSA) is 41.6 Å².